The Hall–Kier alpha value is -2.34. The molecule has 3 aromatic rings. The monoisotopic (exact) mass is 341 g/mol. The number of aromatic nitrogens is 3. The Labute approximate surface area is 146 Å². The topological polar surface area (TPSA) is 64.3 Å². The van der Waals surface area contributed by atoms with Crippen molar-refractivity contribution in [1.82, 2.24) is 14.5 Å². The second-order valence-corrected chi connectivity index (χ2v) is 6.79. The number of likely N-dealkylation sites (N-methyl/N-ethyl adjacent to an activating group) is 1. The molecule has 3 heterocycles. The number of rotatable bonds is 5. The Kier molecular flexibility index (Phi) is 4.21. The first kappa shape index (κ1) is 16.1. The highest BCUT2D eigenvalue weighted by Crippen LogP contribution is 2.25. The Morgan fingerprint density at radius 3 is 3.08 bits per heavy atom. The van der Waals surface area contributed by atoms with Crippen molar-refractivity contribution < 1.29 is 9.64 Å². The van der Waals surface area contributed by atoms with Gasteiger partial charge in [-0.1, -0.05) is 0 Å². The first-order valence-corrected chi connectivity index (χ1v) is 9.19. The molecule has 0 radical (unpaired) electrons. The van der Waals surface area contributed by atoms with E-state index in [1.54, 1.807) is 15.8 Å². The highest BCUT2D eigenvalue weighted by atomic mass is 16.5. The number of nitrogens with one attached hydrogen (secondary N) is 2. The summed E-state index contributed by atoms with van der Waals surface area (Å²) in [6, 6.07) is 6.33. The zero-order valence-electron chi connectivity index (χ0n) is 14.8. The van der Waals surface area contributed by atoms with Crippen LogP contribution < -0.4 is 15.2 Å². The van der Waals surface area contributed by atoms with Gasteiger partial charge in [-0.3, -0.25) is 9.36 Å². The summed E-state index contributed by atoms with van der Waals surface area (Å²) in [5.74, 6) is 0.801. The predicted octanol–water partition coefficient (Wildman–Crippen LogP) is 1.34. The van der Waals surface area contributed by atoms with E-state index in [1.807, 2.05) is 25.1 Å². The van der Waals surface area contributed by atoms with Crippen LogP contribution in [0.2, 0.25) is 0 Å². The number of hydrogen-bond donors (Lipinski definition) is 2. The van der Waals surface area contributed by atoms with E-state index in [4.69, 9.17) is 4.74 Å². The van der Waals surface area contributed by atoms with Gasteiger partial charge in [-0.25, -0.2) is 4.98 Å². The Morgan fingerprint density at radius 1 is 1.40 bits per heavy atom. The molecule has 0 saturated carbocycles. The van der Waals surface area contributed by atoms with Crippen LogP contribution in [0.15, 0.2) is 29.3 Å². The molecular weight excluding hydrogens is 316 g/mol. The van der Waals surface area contributed by atoms with E-state index in [2.05, 4.69) is 16.9 Å². The molecule has 6 nitrogen and oxygen atoms in total. The zero-order valence-corrected chi connectivity index (χ0v) is 14.8. The first-order chi connectivity index (χ1) is 12.2. The minimum atomic E-state index is 0.0153. The lowest BCUT2D eigenvalue weighted by Crippen LogP contribution is -3.13. The fourth-order valence-electron chi connectivity index (χ4n) is 4.06. The van der Waals surface area contributed by atoms with Crippen LogP contribution in [-0.4, -0.2) is 40.3 Å². The Morgan fingerprint density at radius 2 is 2.28 bits per heavy atom. The van der Waals surface area contributed by atoms with Crippen LogP contribution in [-0.2, 0) is 6.54 Å². The van der Waals surface area contributed by atoms with E-state index >= 15 is 0 Å². The molecule has 1 unspecified atom stereocenters. The second kappa shape index (κ2) is 6.52. The summed E-state index contributed by atoms with van der Waals surface area (Å²) in [5.41, 5.74) is 2.25. The number of benzene rings is 1. The molecule has 4 rings (SSSR count). The number of likely N-dealkylation sites (tertiary alicyclic amines) is 1. The molecule has 6 heteroatoms. The average molecular weight is 341 g/mol. The van der Waals surface area contributed by atoms with Gasteiger partial charge >= 0.3 is 0 Å². The minimum absolute atomic E-state index is 0.0153. The number of hydrogen-bond acceptors (Lipinski definition) is 3. The summed E-state index contributed by atoms with van der Waals surface area (Å²) < 4.78 is 7.34. The molecule has 0 spiro atoms. The molecule has 2 aromatic heterocycles. The van der Waals surface area contributed by atoms with Gasteiger partial charge in [0.05, 0.1) is 32.6 Å². The summed E-state index contributed by atoms with van der Waals surface area (Å²) in [4.78, 5) is 22.4. The number of nitrogens with zero attached hydrogens (tertiary/aromatic N) is 2. The average Bonchev–Trinajstić information content (AvgIpc) is 3.22. The van der Waals surface area contributed by atoms with Crippen LogP contribution in [0.25, 0.3) is 21.9 Å². The van der Waals surface area contributed by atoms with Crippen LogP contribution in [0.4, 0.5) is 0 Å². The van der Waals surface area contributed by atoms with Gasteiger partial charge in [0, 0.05) is 23.7 Å². The molecule has 1 aromatic carbocycles. The fourth-order valence-corrected chi connectivity index (χ4v) is 4.06. The number of H-pyrrole nitrogens is 1. The van der Waals surface area contributed by atoms with Crippen molar-refractivity contribution in [3.63, 3.8) is 0 Å². The van der Waals surface area contributed by atoms with Gasteiger partial charge in [0.1, 0.15) is 22.8 Å². The number of ether oxygens (including phenoxy) is 1. The lowest BCUT2D eigenvalue weighted by molar-refractivity contribution is -0.911. The van der Waals surface area contributed by atoms with Gasteiger partial charge < -0.3 is 14.6 Å². The molecule has 0 aliphatic carbocycles. The number of fused-ring (bicyclic) bond motifs is 3. The molecule has 1 aliphatic heterocycles. The van der Waals surface area contributed by atoms with Crippen molar-refractivity contribution >= 4 is 21.9 Å². The Balaban J connectivity index is 1.75. The van der Waals surface area contributed by atoms with E-state index in [9.17, 15) is 4.79 Å². The van der Waals surface area contributed by atoms with Gasteiger partial charge in [-0.05, 0) is 32.0 Å². The molecule has 25 heavy (non-hydrogen) atoms. The van der Waals surface area contributed by atoms with Crippen LogP contribution >= 0.6 is 0 Å². The molecule has 2 atom stereocenters. The van der Waals surface area contributed by atoms with E-state index in [0.29, 0.717) is 18.2 Å². The molecule has 1 fully saturated rings. The molecular formula is C19H25N4O2+. The number of quaternary nitrogens is 1. The SMILES string of the molecule is CCOc1ccc2[nH]c3c(=O)n(C[C@H]4CCC[NH+]4CC)cnc3c2c1. The largest absolute Gasteiger partial charge is 0.494 e. The van der Waals surface area contributed by atoms with E-state index in [-0.39, 0.29) is 5.56 Å². The summed E-state index contributed by atoms with van der Waals surface area (Å²) in [5, 5.41) is 0.937. The van der Waals surface area contributed by atoms with E-state index < -0.39 is 0 Å². The smallest absolute Gasteiger partial charge is 0.277 e. The summed E-state index contributed by atoms with van der Waals surface area (Å²) >= 11 is 0. The van der Waals surface area contributed by atoms with Crippen molar-refractivity contribution in [3.05, 3.63) is 34.9 Å². The highest BCUT2D eigenvalue weighted by Gasteiger charge is 2.27. The van der Waals surface area contributed by atoms with Crippen LogP contribution in [0, 0.1) is 0 Å². The maximum absolute atomic E-state index is 12.9. The third kappa shape index (κ3) is 2.80. The van der Waals surface area contributed by atoms with Crippen LogP contribution in [0.5, 0.6) is 5.75 Å². The van der Waals surface area contributed by atoms with Crippen molar-refractivity contribution in [2.75, 3.05) is 19.7 Å². The molecule has 1 aliphatic rings. The van der Waals surface area contributed by atoms with Crippen LogP contribution in [0.1, 0.15) is 26.7 Å². The molecule has 1 saturated heterocycles. The maximum Gasteiger partial charge on any atom is 0.277 e. The van der Waals surface area contributed by atoms with Gasteiger partial charge in [0.25, 0.3) is 5.56 Å². The summed E-state index contributed by atoms with van der Waals surface area (Å²) in [7, 11) is 0. The second-order valence-electron chi connectivity index (χ2n) is 6.79. The lowest BCUT2D eigenvalue weighted by Gasteiger charge is -2.20. The van der Waals surface area contributed by atoms with Gasteiger partial charge in [-0.2, -0.15) is 0 Å². The standard InChI is InChI=1S/C19H24N4O2/c1-3-22-9-5-6-13(22)11-23-12-20-17-15-10-14(25-4-2)7-8-16(15)21-18(17)19(23)24/h7-8,10,12-13,21H,3-6,9,11H2,1-2H3/p+1/t13-/m1/s1. The minimum Gasteiger partial charge on any atom is -0.494 e. The third-order valence-electron chi connectivity index (χ3n) is 5.35. The van der Waals surface area contributed by atoms with Crippen molar-refractivity contribution in [2.24, 2.45) is 0 Å². The van der Waals surface area contributed by atoms with Crippen LogP contribution in [0.3, 0.4) is 0 Å². The third-order valence-corrected chi connectivity index (χ3v) is 5.35. The quantitative estimate of drug-likeness (QED) is 0.736. The van der Waals surface area contributed by atoms with Gasteiger partial charge in [-0.15, -0.1) is 0 Å². The maximum atomic E-state index is 12.9. The van der Waals surface area contributed by atoms with E-state index in [1.165, 1.54) is 19.4 Å². The van der Waals surface area contributed by atoms with E-state index in [0.717, 1.165) is 35.3 Å². The van der Waals surface area contributed by atoms with Gasteiger partial charge in [0.2, 0.25) is 0 Å². The molecule has 0 amide bonds. The fraction of sp³-hybridized carbons (Fsp3) is 0.474. The summed E-state index contributed by atoms with van der Waals surface area (Å²) in [6.45, 7) is 7.85. The van der Waals surface area contributed by atoms with Gasteiger partial charge in [0.15, 0.2) is 0 Å². The Bertz CT molecular complexity index is 959. The lowest BCUT2D eigenvalue weighted by atomic mass is 10.2. The zero-order chi connectivity index (χ0) is 17.4. The summed E-state index contributed by atoms with van der Waals surface area (Å²) in [6.07, 6.45) is 4.12. The first-order valence-electron chi connectivity index (χ1n) is 9.19. The molecule has 0 bridgehead atoms. The molecule has 132 valence electrons. The number of aromatic amines is 1. The normalized spacial score (nSPS) is 20.6. The highest BCUT2D eigenvalue weighted by molar-refractivity contribution is 6.04. The molecule has 2 N–H and O–H groups in total. The predicted molar refractivity (Wildman–Crippen MR) is 98.4 cm³/mol. The van der Waals surface area contributed by atoms with Crippen molar-refractivity contribution in [3.8, 4) is 5.75 Å². The van der Waals surface area contributed by atoms with Crippen molar-refractivity contribution in [2.45, 2.75) is 39.3 Å². The van der Waals surface area contributed by atoms with Crippen molar-refractivity contribution in [1.29, 1.82) is 0 Å².